The Kier molecular flexibility index (Phi) is 11.2. The molecule has 0 aromatic rings. The highest BCUT2D eigenvalue weighted by atomic mass is 16.6. The molecule has 0 radical (unpaired) electrons. The Hall–Kier alpha value is -2.43. The minimum Gasteiger partial charge on any atom is -0.449 e. The van der Waals surface area contributed by atoms with Crippen LogP contribution in [0, 0.1) is 17.8 Å². The number of carbonyl (C=O) groups is 1. The van der Waals surface area contributed by atoms with Gasteiger partial charge in [-0.1, -0.05) is 73.1 Å². The second-order valence-corrected chi connectivity index (χ2v) is 10.1. The maximum Gasteiger partial charge on any atom is 0.384 e. The molecule has 6 nitrogen and oxygen atoms in total. The van der Waals surface area contributed by atoms with Crippen molar-refractivity contribution in [2.24, 2.45) is 5.92 Å². The van der Waals surface area contributed by atoms with E-state index >= 15 is 0 Å². The number of esters is 1. The Labute approximate surface area is 215 Å². The van der Waals surface area contributed by atoms with E-state index in [1.165, 1.54) is 5.57 Å². The van der Waals surface area contributed by atoms with Gasteiger partial charge in [-0.2, -0.15) is 0 Å². The van der Waals surface area contributed by atoms with Crippen LogP contribution in [-0.2, 0) is 19.0 Å². The van der Waals surface area contributed by atoms with Gasteiger partial charge in [-0.05, 0) is 44.9 Å². The van der Waals surface area contributed by atoms with Crippen molar-refractivity contribution in [1.29, 1.82) is 0 Å². The molecule has 0 spiro atoms. The Morgan fingerprint density at radius 1 is 1.19 bits per heavy atom. The van der Waals surface area contributed by atoms with Crippen molar-refractivity contribution >= 4 is 5.97 Å². The molecule has 0 amide bonds. The van der Waals surface area contributed by atoms with E-state index in [0.29, 0.717) is 25.4 Å². The Morgan fingerprint density at radius 2 is 2.00 bits per heavy atom. The molecule has 2 bridgehead atoms. The van der Waals surface area contributed by atoms with Gasteiger partial charge in [-0.3, -0.25) is 0 Å². The molecule has 3 heterocycles. The Balaban J connectivity index is 1.71. The van der Waals surface area contributed by atoms with E-state index in [-0.39, 0.29) is 24.7 Å². The lowest BCUT2D eigenvalue weighted by molar-refractivity contribution is -0.145. The average Bonchev–Trinajstić information content (AvgIpc) is 2.81. The predicted molar refractivity (Wildman–Crippen MR) is 140 cm³/mol. The smallest absolute Gasteiger partial charge is 0.384 e. The third-order valence-electron chi connectivity index (χ3n) is 6.57. The summed E-state index contributed by atoms with van der Waals surface area (Å²) in [6.45, 7) is 8.91. The summed E-state index contributed by atoms with van der Waals surface area (Å²) in [4.78, 5) is 12.5. The summed E-state index contributed by atoms with van der Waals surface area (Å²) in [6, 6.07) is 0. The Morgan fingerprint density at radius 3 is 2.81 bits per heavy atom. The van der Waals surface area contributed by atoms with Crippen LogP contribution in [0.1, 0.15) is 58.8 Å². The highest BCUT2D eigenvalue weighted by Crippen LogP contribution is 2.25. The summed E-state index contributed by atoms with van der Waals surface area (Å²) >= 11 is 0. The quantitative estimate of drug-likeness (QED) is 0.262. The van der Waals surface area contributed by atoms with Crippen LogP contribution < -0.4 is 0 Å². The number of fused-ring (bicyclic) bond motifs is 2. The lowest BCUT2D eigenvalue weighted by atomic mass is 9.91. The number of aliphatic hydroxyl groups excluding tert-OH is 2. The molecule has 3 rings (SSSR count). The molecule has 0 aromatic heterocycles. The molecular formula is C30H40O6. The summed E-state index contributed by atoms with van der Waals surface area (Å²) in [5.74, 6) is 5.08. The van der Waals surface area contributed by atoms with Gasteiger partial charge in [0.15, 0.2) is 0 Å². The molecule has 3 aliphatic rings. The minimum absolute atomic E-state index is 0.0963. The van der Waals surface area contributed by atoms with Gasteiger partial charge in [-0.15, -0.1) is 0 Å². The molecule has 3 aliphatic heterocycles. The van der Waals surface area contributed by atoms with E-state index in [1.54, 1.807) is 24.3 Å². The predicted octanol–water partition coefficient (Wildman–Crippen LogP) is 4.34. The van der Waals surface area contributed by atoms with Gasteiger partial charge in [0.05, 0.1) is 31.0 Å². The second-order valence-electron chi connectivity index (χ2n) is 10.1. The molecule has 0 saturated carbocycles. The second kappa shape index (κ2) is 14.3. The van der Waals surface area contributed by atoms with Gasteiger partial charge >= 0.3 is 5.97 Å². The molecule has 0 fully saturated rings. The molecule has 0 saturated heterocycles. The summed E-state index contributed by atoms with van der Waals surface area (Å²) < 4.78 is 17.3. The summed E-state index contributed by atoms with van der Waals surface area (Å²) in [7, 11) is 0. The van der Waals surface area contributed by atoms with Crippen LogP contribution in [0.25, 0.3) is 0 Å². The number of cyclic esters (lactones) is 1. The highest BCUT2D eigenvalue weighted by molar-refractivity contribution is 5.88. The largest absolute Gasteiger partial charge is 0.449 e. The molecule has 1 unspecified atom stereocenters. The molecule has 6 heteroatoms. The first-order valence-corrected chi connectivity index (χ1v) is 12.9. The van der Waals surface area contributed by atoms with Crippen LogP contribution in [-0.4, -0.2) is 59.4 Å². The van der Waals surface area contributed by atoms with E-state index in [0.717, 1.165) is 31.3 Å². The average molecular weight is 497 g/mol. The Bertz CT molecular complexity index is 933. The molecule has 36 heavy (non-hydrogen) atoms. The fraction of sp³-hybridized carbons (Fsp3) is 0.567. The van der Waals surface area contributed by atoms with Gasteiger partial charge in [0.1, 0.15) is 12.2 Å². The van der Waals surface area contributed by atoms with E-state index in [9.17, 15) is 15.0 Å². The van der Waals surface area contributed by atoms with Gasteiger partial charge in [-0.25, -0.2) is 4.79 Å². The zero-order valence-corrected chi connectivity index (χ0v) is 21.5. The molecule has 2 N–H and O–H groups in total. The third kappa shape index (κ3) is 9.91. The minimum atomic E-state index is -1.04. The van der Waals surface area contributed by atoms with Crippen molar-refractivity contribution in [3.63, 3.8) is 0 Å². The SMILES string of the molecule is C=C1CC(C)C[C@@H]2CC=C[C@@H](CC#CC(=O)O[C@H]([C@@H](O)/C=C/[C@@H]3CC(C)=CCO3)C/C=C/[C@@H](O)C1)O2. The van der Waals surface area contributed by atoms with Gasteiger partial charge < -0.3 is 24.4 Å². The highest BCUT2D eigenvalue weighted by Gasteiger charge is 2.23. The summed E-state index contributed by atoms with van der Waals surface area (Å²) in [6.07, 6.45) is 14.6. The van der Waals surface area contributed by atoms with Gasteiger partial charge in [0.2, 0.25) is 0 Å². The number of hydrogen-bond acceptors (Lipinski definition) is 6. The standard InChI is InChI=1S/C30H40O6/c1-21-15-16-34-26(19-21)13-14-28(32)29-11-4-7-24(31)18-22(2)17-23(3)20-27-10-5-8-25(35-27)9-6-12-30(33)36-29/h4-5,7-8,13-15,23-29,31-32H,2,9-11,16-20H2,1,3H3/b7-4+,14-13+/t23?,24-,25+,26-,27+,28+,29+/m1/s1. The lowest BCUT2D eigenvalue weighted by Gasteiger charge is -2.27. The van der Waals surface area contributed by atoms with Crippen molar-refractivity contribution in [2.45, 2.75) is 95.4 Å². The van der Waals surface area contributed by atoms with Gasteiger partial charge in [0, 0.05) is 18.8 Å². The molecule has 0 aromatic carbocycles. The summed E-state index contributed by atoms with van der Waals surface area (Å²) in [5.41, 5.74) is 2.22. The maximum atomic E-state index is 12.5. The first-order chi connectivity index (χ1) is 17.3. The third-order valence-corrected chi connectivity index (χ3v) is 6.57. The van der Waals surface area contributed by atoms with E-state index in [4.69, 9.17) is 14.2 Å². The monoisotopic (exact) mass is 496 g/mol. The number of hydrogen-bond donors (Lipinski definition) is 2. The topological polar surface area (TPSA) is 85.2 Å². The number of carbonyl (C=O) groups excluding carboxylic acids is 1. The van der Waals surface area contributed by atoms with E-state index in [2.05, 4.69) is 31.4 Å². The van der Waals surface area contributed by atoms with Crippen molar-refractivity contribution in [3.8, 4) is 11.8 Å². The van der Waals surface area contributed by atoms with Crippen molar-refractivity contribution in [2.75, 3.05) is 6.61 Å². The van der Waals surface area contributed by atoms with Crippen molar-refractivity contribution in [3.05, 3.63) is 60.3 Å². The maximum absolute atomic E-state index is 12.5. The molecular weight excluding hydrogens is 456 g/mol. The lowest BCUT2D eigenvalue weighted by Crippen LogP contribution is -2.30. The van der Waals surface area contributed by atoms with Crippen LogP contribution in [0.3, 0.4) is 0 Å². The first kappa shape index (κ1) is 28.1. The molecule has 196 valence electrons. The van der Waals surface area contributed by atoms with Crippen LogP contribution >= 0.6 is 0 Å². The van der Waals surface area contributed by atoms with Crippen LogP contribution in [0.2, 0.25) is 0 Å². The zero-order valence-electron chi connectivity index (χ0n) is 21.5. The number of rotatable bonds is 3. The fourth-order valence-electron chi connectivity index (χ4n) is 4.75. The van der Waals surface area contributed by atoms with Crippen LogP contribution in [0.5, 0.6) is 0 Å². The van der Waals surface area contributed by atoms with Crippen molar-refractivity contribution < 1.29 is 29.2 Å². The number of aliphatic hydroxyl groups is 2. The van der Waals surface area contributed by atoms with Gasteiger partial charge in [0.25, 0.3) is 0 Å². The summed E-state index contributed by atoms with van der Waals surface area (Å²) in [5, 5.41) is 21.2. The van der Waals surface area contributed by atoms with E-state index in [1.807, 2.05) is 19.1 Å². The molecule has 7 atom stereocenters. The first-order valence-electron chi connectivity index (χ1n) is 12.9. The molecule has 0 aliphatic carbocycles. The van der Waals surface area contributed by atoms with Crippen LogP contribution in [0.4, 0.5) is 0 Å². The zero-order chi connectivity index (χ0) is 25.9. The van der Waals surface area contributed by atoms with E-state index < -0.39 is 24.3 Å². The number of ether oxygens (including phenoxy) is 3. The normalized spacial score (nSPS) is 34.5. The van der Waals surface area contributed by atoms with Crippen molar-refractivity contribution in [1.82, 2.24) is 0 Å². The fourth-order valence-corrected chi connectivity index (χ4v) is 4.75. The van der Waals surface area contributed by atoms with Crippen LogP contribution in [0.15, 0.2) is 60.3 Å².